The number of aliphatic imine (C=N–C) groups is 1. The highest BCUT2D eigenvalue weighted by Gasteiger charge is 2.26. The van der Waals surface area contributed by atoms with Crippen molar-refractivity contribution in [1.82, 2.24) is 14.5 Å². The molecule has 1 N–H and O–H groups in total. The van der Waals surface area contributed by atoms with E-state index in [4.69, 9.17) is 9.41 Å². The first-order valence-electron chi connectivity index (χ1n) is 17.5. The largest absolute Gasteiger partial charge is 0.456 e. The number of aryl methyl sites for hydroxylation is 1. The Morgan fingerprint density at radius 3 is 2.44 bits per heavy atom. The Morgan fingerprint density at radius 2 is 1.58 bits per heavy atom. The molecule has 0 bridgehead atoms. The highest BCUT2D eigenvalue weighted by Crippen LogP contribution is 2.44. The zero-order valence-electron chi connectivity index (χ0n) is 28.1. The summed E-state index contributed by atoms with van der Waals surface area (Å²) in [6, 6.07) is 33.3. The fraction of sp³-hybridized carbons (Fsp3) is 0.133. The molecule has 0 fully saturated rings. The summed E-state index contributed by atoms with van der Waals surface area (Å²) in [5.41, 5.74) is 13.2. The molecule has 50 heavy (non-hydrogen) atoms. The van der Waals surface area contributed by atoms with E-state index in [9.17, 15) is 0 Å². The fourth-order valence-electron chi connectivity index (χ4n) is 8.25. The molecule has 7 aromatic rings. The van der Waals surface area contributed by atoms with Gasteiger partial charge in [-0.2, -0.15) is 0 Å². The highest BCUT2D eigenvalue weighted by atomic mass is 16.3. The molecule has 4 aromatic carbocycles. The normalized spacial score (nSPS) is 18.0. The minimum Gasteiger partial charge on any atom is -0.456 e. The van der Waals surface area contributed by atoms with Crippen LogP contribution in [0.25, 0.3) is 72.9 Å². The number of rotatable bonds is 5. The van der Waals surface area contributed by atoms with Gasteiger partial charge in [0, 0.05) is 62.5 Å². The molecular weight excluding hydrogens is 613 g/mol. The molecule has 4 heterocycles. The Hall–Kier alpha value is -6.07. The van der Waals surface area contributed by atoms with Crippen molar-refractivity contribution in [3.8, 4) is 27.9 Å². The van der Waals surface area contributed by atoms with Gasteiger partial charge in [-0.25, -0.2) is 0 Å². The van der Waals surface area contributed by atoms with E-state index in [2.05, 4.69) is 162 Å². The van der Waals surface area contributed by atoms with Crippen molar-refractivity contribution < 1.29 is 4.42 Å². The van der Waals surface area contributed by atoms with Crippen molar-refractivity contribution in [1.29, 1.82) is 0 Å². The lowest BCUT2D eigenvalue weighted by atomic mass is 9.95. The van der Waals surface area contributed by atoms with Crippen LogP contribution in [0.1, 0.15) is 29.1 Å². The van der Waals surface area contributed by atoms with E-state index in [1.54, 1.807) is 0 Å². The molecule has 3 aliphatic rings. The molecule has 10 rings (SSSR count). The molecule has 0 saturated heterocycles. The topological polar surface area (TPSA) is 47.4 Å². The summed E-state index contributed by atoms with van der Waals surface area (Å²) in [6.07, 6.45) is 19.3. The molecule has 0 amide bonds. The van der Waals surface area contributed by atoms with Gasteiger partial charge >= 0.3 is 0 Å². The third kappa shape index (κ3) is 4.43. The van der Waals surface area contributed by atoms with E-state index < -0.39 is 0 Å². The zero-order chi connectivity index (χ0) is 33.3. The van der Waals surface area contributed by atoms with Crippen LogP contribution in [0, 0.1) is 6.92 Å². The lowest BCUT2D eigenvalue weighted by Gasteiger charge is -2.13. The number of benzene rings is 4. The number of hydrogen-bond donors (Lipinski definition) is 1. The fourth-order valence-corrected chi connectivity index (χ4v) is 8.25. The Kier molecular flexibility index (Phi) is 6.50. The van der Waals surface area contributed by atoms with Crippen LogP contribution in [0.3, 0.4) is 0 Å². The van der Waals surface area contributed by atoms with Crippen molar-refractivity contribution in [2.24, 2.45) is 12.0 Å². The number of allylic oxidation sites excluding steroid dienone is 3. The Labute approximate surface area is 290 Å². The monoisotopic (exact) mass is 648 g/mol. The average molecular weight is 649 g/mol. The Balaban J connectivity index is 1.12. The number of amidine groups is 1. The SMILES string of the molecule is Cc1c(-c2c(C=CC3=NC4C=CC=CC4N3)oc3ccccc23)c2cc(-c3ccc4c(c3)c3c(n4-c4ccccc4)CCC=C3)ccc2n1C. The van der Waals surface area contributed by atoms with Crippen molar-refractivity contribution in [3.63, 3.8) is 0 Å². The second kappa shape index (κ2) is 11.2. The third-order valence-corrected chi connectivity index (χ3v) is 10.8. The second-order valence-corrected chi connectivity index (χ2v) is 13.6. The second-order valence-electron chi connectivity index (χ2n) is 13.6. The first kappa shape index (κ1) is 28.9. The maximum absolute atomic E-state index is 6.58. The number of nitrogens with zero attached hydrogens (tertiary/aromatic N) is 3. The molecule has 2 atom stereocenters. The van der Waals surface area contributed by atoms with Gasteiger partial charge in [0.1, 0.15) is 17.2 Å². The molecule has 2 aliphatic carbocycles. The quantitative estimate of drug-likeness (QED) is 0.202. The van der Waals surface area contributed by atoms with Gasteiger partial charge in [-0.15, -0.1) is 0 Å². The van der Waals surface area contributed by atoms with E-state index in [-0.39, 0.29) is 12.1 Å². The van der Waals surface area contributed by atoms with Crippen molar-refractivity contribution in [2.45, 2.75) is 31.8 Å². The summed E-state index contributed by atoms with van der Waals surface area (Å²) in [4.78, 5) is 4.89. The molecule has 242 valence electrons. The van der Waals surface area contributed by atoms with Crippen molar-refractivity contribution in [2.75, 3.05) is 0 Å². The van der Waals surface area contributed by atoms with Gasteiger partial charge < -0.3 is 18.9 Å². The van der Waals surface area contributed by atoms with Crippen LogP contribution in [0.4, 0.5) is 0 Å². The van der Waals surface area contributed by atoms with E-state index in [1.807, 2.05) is 6.07 Å². The number of nitrogens with one attached hydrogen (secondary N) is 1. The van der Waals surface area contributed by atoms with Gasteiger partial charge in [0.25, 0.3) is 0 Å². The number of aromatic nitrogens is 2. The molecule has 5 heteroatoms. The van der Waals surface area contributed by atoms with Crippen LogP contribution in [0.5, 0.6) is 0 Å². The van der Waals surface area contributed by atoms with Crippen LogP contribution >= 0.6 is 0 Å². The summed E-state index contributed by atoms with van der Waals surface area (Å²) in [7, 11) is 2.16. The summed E-state index contributed by atoms with van der Waals surface area (Å²) >= 11 is 0. The number of furan rings is 1. The molecule has 5 nitrogen and oxygen atoms in total. The maximum atomic E-state index is 6.58. The van der Waals surface area contributed by atoms with Gasteiger partial charge in [0.2, 0.25) is 0 Å². The number of para-hydroxylation sites is 2. The van der Waals surface area contributed by atoms with Crippen LogP contribution in [0.15, 0.2) is 137 Å². The molecule has 3 aromatic heterocycles. The predicted molar refractivity (Wildman–Crippen MR) is 208 cm³/mol. The maximum Gasteiger partial charge on any atom is 0.136 e. The molecule has 2 unspecified atom stereocenters. The van der Waals surface area contributed by atoms with Crippen LogP contribution < -0.4 is 5.32 Å². The zero-order valence-corrected chi connectivity index (χ0v) is 28.1. The Bertz CT molecular complexity index is 2650. The summed E-state index contributed by atoms with van der Waals surface area (Å²) in [5.74, 6) is 1.70. The van der Waals surface area contributed by atoms with E-state index in [0.717, 1.165) is 41.0 Å². The van der Waals surface area contributed by atoms with Gasteiger partial charge in [-0.05, 0) is 85.5 Å². The first-order valence-corrected chi connectivity index (χ1v) is 17.5. The minimum atomic E-state index is 0.131. The summed E-state index contributed by atoms with van der Waals surface area (Å²) in [6.45, 7) is 2.22. The smallest absolute Gasteiger partial charge is 0.136 e. The molecule has 1 aliphatic heterocycles. The van der Waals surface area contributed by atoms with E-state index >= 15 is 0 Å². The van der Waals surface area contributed by atoms with Gasteiger partial charge in [-0.3, -0.25) is 4.99 Å². The molecule has 0 saturated carbocycles. The summed E-state index contributed by atoms with van der Waals surface area (Å²) in [5, 5.41) is 7.16. The summed E-state index contributed by atoms with van der Waals surface area (Å²) < 4.78 is 11.3. The van der Waals surface area contributed by atoms with Crippen molar-refractivity contribution in [3.05, 3.63) is 150 Å². The number of hydrogen-bond acceptors (Lipinski definition) is 3. The van der Waals surface area contributed by atoms with Crippen LogP contribution in [-0.4, -0.2) is 27.1 Å². The van der Waals surface area contributed by atoms with Gasteiger partial charge in [0.05, 0.1) is 17.6 Å². The average Bonchev–Trinajstić information content (AvgIpc) is 3.90. The highest BCUT2D eigenvalue weighted by molar-refractivity contribution is 6.10. The molecule has 0 radical (unpaired) electrons. The number of fused-ring (bicyclic) bond motifs is 6. The van der Waals surface area contributed by atoms with Crippen molar-refractivity contribution >= 4 is 50.8 Å². The van der Waals surface area contributed by atoms with Crippen LogP contribution in [-0.2, 0) is 13.5 Å². The van der Waals surface area contributed by atoms with Gasteiger partial charge in [-0.1, -0.05) is 85.0 Å². The van der Waals surface area contributed by atoms with Crippen LogP contribution in [0.2, 0.25) is 0 Å². The molecular formula is C45H36N4O. The standard InChI is InChI=1S/C45H36N4O/c1-28-44(45-33-15-7-11-19-41(33)50-42(45)24-25-43-46-36-16-8-9-17-37(36)47-43)35-27-30(20-22-38(35)48(28)2)29-21-23-40-34(26-29)32-14-6-10-18-39(32)49(40)31-12-4-3-5-13-31/h3-9,11-17,19-27,36-37H,10,18H2,1-2H3,(H,46,47). The lowest BCUT2D eigenvalue weighted by molar-refractivity contribution is 0.605. The first-order chi connectivity index (χ1) is 24.6. The Morgan fingerprint density at radius 1 is 0.800 bits per heavy atom. The lowest BCUT2D eigenvalue weighted by Crippen LogP contribution is -2.32. The van der Waals surface area contributed by atoms with E-state index in [0.29, 0.717) is 0 Å². The van der Waals surface area contributed by atoms with Gasteiger partial charge in [0.15, 0.2) is 0 Å². The minimum absolute atomic E-state index is 0.131. The predicted octanol–water partition coefficient (Wildman–Crippen LogP) is 10.3. The van der Waals surface area contributed by atoms with E-state index in [1.165, 1.54) is 61.1 Å². The molecule has 0 spiro atoms. The third-order valence-electron chi connectivity index (χ3n) is 10.8.